The first kappa shape index (κ1) is 14.4. The van der Waals surface area contributed by atoms with Crippen LogP contribution in [0.4, 0.5) is 5.69 Å². The lowest BCUT2D eigenvalue weighted by Gasteiger charge is -2.31. The highest BCUT2D eigenvalue weighted by Gasteiger charge is 2.33. The molecule has 20 heavy (non-hydrogen) atoms. The Labute approximate surface area is 130 Å². The molecule has 1 saturated carbocycles. The third-order valence-corrected chi connectivity index (χ3v) is 5.76. The van der Waals surface area contributed by atoms with Crippen LogP contribution in [0.15, 0.2) is 22.7 Å². The molecule has 0 spiro atoms. The summed E-state index contributed by atoms with van der Waals surface area (Å²) in [5.41, 5.74) is 8.39. The molecule has 1 aliphatic carbocycles. The van der Waals surface area contributed by atoms with Gasteiger partial charge in [-0.25, -0.2) is 0 Å². The Kier molecular flexibility index (Phi) is 4.67. The first-order valence-corrected chi connectivity index (χ1v) is 8.84. The second-order valence-electron chi connectivity index (χ2n) is 6.26. The molecule has 0 bridgehead atoms. The zero-order valence-electron chi connectivity index (χ0n) is 12.2. The van der Waals surface area contributed by atoms with E-state index in [0.29, 0.717) is 6.54 Å². The Morgan fingerprint density at radius 2 is 1.95 bits per heavy atom. The average molecular weight is 337 g/mol. The molecule has 1 unspecified atom stereocenters. The Morgan fingerprint density at radius 3 is 2.65 bits per heavy atom. The van der Waals surface area contributed by atoms with Crippen LogP contribution < -0.4 is 10.6 Å². The Morgan fingerprint density at radius 1 is 1.15 bits per heavy atom. The normalized spacial score (nSPS) is 23.7. The maximum atomic E-state index is 5.66. The Hall–Kier alpha value is -0.540. The van der Waals surface area contributed by atoms with Gasteiger partial charge in [-0.2, -0.15) is 0 Å². The summed E-state index contributed by atoms with van der Waals surface area (Å²) in [5.74, 6) is 0.931. The van der Waals surface area contributed by atoms with Gasteiger partial charge in [0.15, 0.2) is 0 Å². The number of hydrogen-bond donors (Lipinski definition) is 1. The van der Waals surface area contributed by atoms with E-state index in [1.54, 1.807) is 0 Å². The SMILES string of the molecule is NCCc1ccc(N2CCCC2C2CCCC2)cc1Br. The van der Waals surface area contributed by atoms with Crippen molar-refractivity contribution in [1.82, 2.24) is 0 Å². The minimum atomic E-state index is 0.715. The number of hydrogen-bond acceptors (Lipinski definition) is 2. The van der Waals surface area contributed by atoms with Gasteiger partial charge in [0.1, 0.15) is 0 Å². The van der Waals surface area contributed by atoms with Gasteiger partial charge in [-0.1, -0.05) is 34.8 Å². The van der Waals surface area contributed by atoms with E-state index in [-0.39, 0.29) is 0 Å². The van der Waals surface area contributed by atoms with Gasteiger partial charge in [0.2, 0.25) is 0 Å². The third-order valence-electron chi connectivity index (χ3n) is 5.03. The van der Waals surface area contributed by atoms with E-state index in [0.717, 1.165) is 18.4 Å². The molecule has 2 N–H and O–H groups in total. The molecule has 3 heteroatoms. The molecule has 1 atom stereocenters. The minimum Gasteiger partial charge on any atom is -0.368 e. The molecule has 1 heterocycles. The molecular weight excluding hydrogens is 312 g/mol. The van der Waals surface area contributed by atoms with E-state index >= 15 is 0 Å². The number of benzene rings is 1. The minimum absolute atomic E-state index is 0.715. The molecule has 1 aromatic rings. The van der Waals surface area contributed by atoms with Crippen LogP contribution in [0.1, 0.15) is 44.1 Å². The summed E-state index contributed by atoms with van der Waals surface area (Å²) >= 11 is 3.72. The van der Waals surface area contributed by atoms with Gasteiger partial charge in [0.05, 0.1) is 0 Å². The van der Waals surface area contributed by atoms with Crippen LogP contribution in [0.25, 0.3) is 0 Å². The second kappa shape index (κ2) is 6.48. The first-order chi connectivity index (χ1) is 9.79. The summed E-state index contributed by atoms with van der Waals surface area (Å²) in [6.45, 7) is 1.94. The van der Waals surface area contributed by atoms with Gasteiger partial charge < -0.3 is 10.6 Å². The van der Waals surface area contributed by atoms with Crippen molar-refractivity contribution in [3.8, 4) is 0 Å². The van der Waals surface area contributed by atoms with Crippen LogP contribution in [0.3, 0.4) is 0 Å². The number of anilines is 1. The standard InChI is InChI=1S/C17H25BrN2/c18-16-12-15(8-7-13(16)9-10-19)20-11-3-6-17(20)14-4-1-2-5-14/h7-8,12,14,17H,1-6,9-11,19H2. The lowest BCUT2D eigenvalue weighted by molar-refractivity contribution is 0.431. The van der Waals surface area contributed by atoms with Crippen molar-refractivity contribution >= 4 is 21.6 Å². The third kappa shape index (κ3) is 2.89. The molecule has 2 fully saturated rings. The van der Waals surface area contributed by atoms with Crippen molar-refractivity contribution in [3.05, 3.63) is 28.2 Å². The fourth-order valence-corrected chi connectivity index (χ4v) is 4.58. The van der Waals surface area contributed by atoms with Gasteiger partial charge in [-0.15, -0.1) is 0 Å². The van der Waals surface area contributed by atoms with Crippen LogP contribution in [-0.4, -0.2) is 19.1 Å². The molecule has 1 aliphatic heterocycles. The van der Waals surface area contributed by atoms with E-state index in [1.165, 1.54) is 60.8 Å². The molecule has 110 valence electrons. The van der Waals surface area contributed by atoms with Crippen molar-refractivity contribution in [1.29, 1.82) is 0 Å². The van der Waals surface area contributed by atoms with Crippen molar-refractivity contribution in [2.45, 2.75) is 51.0 Å². The van der Waals surface area contributed by atoms with Crippen LogP contribution in [0.2, 0.25) is 0 Å². The first-order valence-electron chi connectivity index (χ1n) is 8.04. The van der Waals surface area contributed by atoms with Gasteiger partial charge >= 0.3 is 0 Å². The lowest BCUT2D eigenvalue weighted by Crippen LogP contribution is -2.34. The predicted octanol–water partition coefficient (Wildman–Crippen LogP) is 4.11. The van der Waals surface area contributed by atoms with Gasteiger partial charge in [-0.3, -0.25) is 0 Å². The van der Waals surface area contributed by atoms with Crippen molar-refractivity contribution in [2.24, 2.45) is 11.7 Å². The summed E-state index contributed by atoms with van der Waals surface area (Å²) < 4.78 is 1.22. The van der Waals surface area contributed by atoms with Crippen molar-refractivity contribution < 1.29 is 0 Å². The van der Waals surface area contributed by atoms with E-state index in [9.17, 15) is 0 Å². The van der Waals surface area contributed by atoms with Gasteiger partial charge in [0.25, 0.3) is 0 Å². The number of nitrogens with zero attached hydrogens (tertiary/aromatic N) is 1. The maximum Gasteiger partial charge on any atom is 0.0380 e. The fraction of sp³-hybridized carbons (Fsp3) is 0.647. The quantitative estimate of drug-likeness (QED) is 0.896. The van der Waals surface area contributed by atoms with E-state index in [2.05, 4.69) is 39.0 Å². The molecule has 2 nitrogen and oxygen atoms in total. The topological polar surface area (TPSA) is 29.3 Å². The Bertz CT molecular complexity index is 454. The van der Waals surface area contributed by atoms with Crippen LogP contribution in [-0.2, 0) is 6.42 Å². The molecule has 1 aromatic carbocycles. The Balaban J connectivity index is 1.78. The molecule has 0 radical (unpaired) electrons. The fourth-order valence-electron chi connectivity index (χ4n) is 4.02. The molecule has 0 aromatic heterocycles. The number of nitrogens with two attached hydrogens (primary N) is 1. The highest BCUT2D eigenvalue weighted by Crippen LogP contribution is 2.38. The molecular formula is C17H25BrN2. The monoisotopic (exact) mass is 336 g/mol. The van der Waals surface area contributed by atoms with E-state index < -0.39 is 0 Å². The summed E-state index contributed by atoms with van der Waals surface area (Å²) in [5, 5.41) is 0. The highest BCUT2D eigenvalue weighted by atomic mass is 79.9. The van der Waals surface area contributed by atoms with Crippen molar-refractivity contribution in [3.63, 3.8) is 0 Å². The molecule has 0 amide bonds. The van der Waals surface area contributed by atoms with Crippen LogP contribution >= 0.6 is 15.9 Å². The van der Waals surface area contributed by atoms with E-state index in [4.69, 9.17) is 5.73 Å². The lowest BCUT2D eigenvalue weighted by atomic mass is 9.95. The van der Waals surface area contributed by atoms with E-state index in [1.807, 2.05) is 0 Å². The van der Waals surface area contributed by atoms with Gasteiger partial charge in [-0.05, 0) is 62.3 Å². The summed E-state index contributed by atoms with van der Waals surface area (Å²) in [6.07, 6.45) is 9.44. The molecule has 1 saturated heterocycles. The molecule has 2 aliphatic rings. The zero-order chi connectivity index (χ0) is 13.9. The molecule has 3 rings (SSSR count). The highest BCUT2D eigenvalue weighted by molar-refractivity contribution is 9.10. The van der Waals surface area contributed by atoms with Gasteiger partial charge in [0, 0.05) is 22.7 Å². The summed E-state index contributed by atoms with van der Waals surface area (Å²) in [6, 6.07) is 7.63. The largest absolute Gasteiger partial charge is 0.368 e. The summed E-state index contributed by atoms with van der Waals surface area (Å²) in [7, 11) is 0. The number of halogens is 1. The summed E-state index contributed by atoms with van der Waals surface area (Å²) in [4.78, 5) is 2.66. The second-order valence-corrected chi connectivity index (χ2v) is 7.12. The average Bonchev–Trinajstić information content (AvgIpc) is 3.11. The smallest absolute Gasteiger partial charge is 0.0380 e. The zero-order valence-corrected chi connectivity index (χ0v) is 13.7. The van der Waals surface area contributed by atoms with Crippen LogP contribution in [0.5, 0.6) is 0 Å². The van der Waals surface area contributed by atoms with Crippen molar-refractivity contribution in [2.75, 3.05) is 18.0 Å². The maximum absolute atomic E-state index is 5.66. The van der Waals surface area contributed by atoms with Crippen LogP contribution in [0, 0.1) is 5.92 Å². The predicted molar refractivity (Wildman–Crippen MR) is 89.2 cm³/mol. The number of rotatable bonds is 4.